The molecule has 0 saturated carbocycles. The van der Waals surface area contributed by atoms with Gasteiger partial charge in [0.2, 0.25) is 5.91 Å². The zero-order valence-corrected chi connectivity index (χ0v) is 14.8. The number of nitrogens with zero attached hydrogens (tertiary/aromatic N) is 2. The van der Waals surface area contributed by atoms with Crippen molar-refractivity contribution in [2.24, 2.45) is 5.73 Å². The fraction of sp³-hybridized carbons (Fsp3) is 0.200. The molecule has 1 aliphatic heterocycles. The van der Waals surface area contributed by atoms with E-state index in [4.69, 9.17) is 10.7 Å². The summed E-state index contributed by atoms with van der Waals surface area (Å²) in [4.78, 5) is 18.4. The number of fused-ring (bicyclic) bond motifs is 1. The molecule has 4 rings (SSSR count). The first kappa shape index (κ1) is 15.8. The van der Waals surface area contributed by atoms with E-state index in [2.05, 4.69) is 41.5 Å². The molecule has 0 spiro atoms. The van der Waals surface area contributed by atoms with Gasteiger partial charge in [-0.05, 0) is 37.1 Å². The summed E-state index contributed by atoms with van der Waals surface area (Å²) in [6.45, 7) is 3.07. The van der Waals surface area contributed by atoms with Gasteiger partial charge in [0.25, 0.3) is 0 Å². The highest BCUT2D eigenvalue weighted by molar-refractivity contribution is 7.13. The van der Waals surface area contributed by atoms with E-state index in [1.165, 1.54) is 11.3 Å². The highest BCUT2D eigenvalue weighted by Gasteiger charge is 2.26. The SMILES string of the molecule is C[C@@H]1Cc2ccccc2N1Cc1csc(-c2ccc(C(N)=O)cc2)n1. The first-order valence-corrected chi connectivity index (χ1v) is 9.19. The second-order valence-corrected chi connectivity index (χ2v) is 7.25. The lowest BCUT2D eigenvalue weighted by atomic mass is 10.1. The molecule has 4 nitrogen and oxygen atoms in total. The van der Waals surface area contributed by atoms with Crippen LogP contribution in [0.2, 0.25) is 0 Å². The number of aromatic nitrogens is 1. The summed E-state index contributed by atoms with van der Waals surface area (Å²) < 4.78 is 0. The normalized spacial score (nSPS) is 16.0. The van der Waals surface area contributed by atoms with Crippen LogP contribution in [0.3, 0.4) is 0 Å². The van der Waals surface area contributed by atoms with E-state index < -0.39 is 5.91 Å². The van der Waals surface area contributed by atoms with Crippen LogP contribution in [0.4, 0.5) is 5.69 Å². The van der Waals surface area contributed by atoms with Crippen LogP contribution in [0.5, 0.6) is 0 Å². The Bertz CT molecular complexity index is 917. The molecule has 2 heterocycles. The number of carbonyl (C=O) groups excluding carboxylic acids is 1. The number of anilines is 1. The van der Waals surface area contributed by atoms with Crippen molar-refractivity contribution in [2.75, 3.05) is 4.90 Å². The number of primary amides is 1. The molecule has 1 aliphatic rings. The summed E-state index contributed by atoms with van der Waals surface area (Å²) in [5, 5.41) is 3.08. The molecule has 3 aromatic rings. The fourth-order valence-corrected chi connectivity index (χ4v) is 4.15. The second-order valence-electron chi connectivity index (χ2n) is 6.40. The third-order valence-corrected chi connectivity index (χ3v) is 5.59. The lowest BCUT2D eigenvalue weighted by Crippen LogP contribution is -2.28. The molecule has 0 saturated heterocycles. The summed E-state index contributed by atoms with van der Waals surface area (Å²) in [7, 11) is 0. The van der Waals surface area contributed by atoms with Crippen molar-refractivity contribution in [1.29, 1.82) is 0 Å². The van der Waals surface area contributed by atoms with E-state index in [1.807, 2.05) is 12.1 Å². The Balaban J connectivity index is 1.55. The van der Waals surface area contributed by atoms with Crippen LogP contribution in [-0.2, 0) is 13.0 Å². The van der Waals surface area contributed by atoms with Gasteiger partial charge < -0.3 is 10.6 Å². The van der Waals surface area contributed by atoms with Gasteiger partial charge >= 0.3 is 0 Å². The molecule has 1 amide bonds. The molecule has 0 radical (unpaired) electrons. The molecule has 2 N–H and O–H groups in total. The average molecular weight is 349 g/mol. The van der Waals surface area contributed by atoms with Crippen LogP contribution in [0, 0.1) is 0 Å². The van der Waals surface area contributed by atoms with Gasteiger partial charge in [-0.3, -0.25) is 4.79 Å². The summed E-state index contributed by atoms with van der Waals surface area (Å²) in [6, 6.07) is 16.4. The number of nitrogens with two attached hydrogens (primary N) is 1. The van der Waals surface area contributed by atoms with Gasteiger partial charge in [0.1, 0.15) is 5.01 Å². The quantitative estimate of drug-likeness (QED) is 0.778. The molecule has 0 bridgehead atoms. The minimum absolute atomic E-state index is 0.409. The van der Waals surface area contributed by atoms with Gasteiger partial charge in [0.05, 0.1) is 12.2 Å². The smallest absolute Gasteiger partial charge is 0.248 e. The van der Waals surface area contributed by atoms with Crippen LogP contribution in [0.1, 0.15) is 28.5 Å². The van der Waals surface area contributed by atoms with E-state index in [0.717, 1.165) is 29.2 Å². The summed E-state index contributed by atoms with van der Waals surface area (Å²) in [5.74, 6) is -0.409. The van der Waals surface area contributed by atoms with Crippen molar-refractivity contribution in [3.8, 4) is 10.6 Å². The van der Waals surface area contributed by atoms with Gasteiger partial charge in [0.15, 0.2) is 0 Å². The monoisotopic (exact) mass is 349 g/mol. The summed E-state index contributed by atoms with van der Waals surface area (Å²) in [5.41, 5.74) is 10.6. The predicted octanol–water partition coefficient (Wildman–Crippen LogP) is 3.86. The first-order chi connectivity index (χ1) is 12.1. The zero-order chi connectivity index (χ0) is 17.4. The van der Waals surface area contributed by atoms with Crippen LogP contribution in [-0.4, -0.2) is 16.9 Å². The van der Waals surface area contributed by atoms with Crippen molar-refractivity contribution in [3.63, 3.8) is 0 Å². The van der Waals surface area contributed by atoms with E-state index >= 15 is 0 Å². The molecule has 2 aromatic carbocycles. The lowest BCUT2D eigenvalue weighted by molar-refractivity contribution is 0.100. The largest absolute Gasteiger partial charge is 0.366 e. The van der Waals surface area contributed by atoms with E-state index in [0.29, 0.717) is 11.6 Å². The van der Waals surface area contributed by atoms with Crippen LogP contribution in [0.15, 0.2) is 53.9 Å². The maximum absolute atomic E-state index is 11.2. The molecule has 25 heavy (non-hydrogen) atoms. The van der Waals surface area contributed by atoms with Crippen molar-refractivity contribution in [1.82, 2.24) is 4.98 Å². The van der Waals surface area contributed by atoms with E-state index in [1.54, 1.807) is 23.5 Å². The standard InChI is InChI=1S/C20H19N3OS/c1-13-10-16-4-2-3-5-18(16)23(13)11-17-12-25-20(22-17)15-8-6-14(7-9-15)19(21)24/h2-9,12-13H,10-11H2,1H3,(H2,21,24)/t13-/m1/s1. The molecule has 1 atom stereocenters. The van der Waals surface area contributed by atoms with Gasteiger partial charge in [-0.15, -0.1) is 11.3 Å². The first-order valence-electron chi connectivity index (χ1n) is 8.31. The predicted molar refractivity (Wildman–Crippen MR) is 102 cm³/mol. The van der Waals surface area contributed by atoms with Crippen LogP contribution < -0.4 is 10.6 Å². The second kappa shape index (κ2) is 6.33. The highest BCUT2D eigenvalue weighted by atomic mass is 32.1. The van der Waals surface area contributed by atoms with Gasteiger partial charge in [-0.1, -0.05) is 30.3 Å². The van der Waals surface area contributed by atoms with Crippen molar-refractivity contribution in [3.05, 3.63) is 70.7 Å². The summed E-state index contributed by atoms with van der Waals surface area (Å²) >= 11 is 1.63. The van der Waals surface area contributed by atoms with E-state index in [9.17, 15) is 4.79 Å². The van der Waals surface area contributed by atoms with Gasteiger partial charge in [-0.25, -0.2) is 4.98 Å². The molecule has 0 aliphatic carbocycles. The Morgan fingerprint density at radius 1 is 1.24 bits per heavy atom. The number of hydrogen-bond acceptors (Lipinski definition) is 4. The van der Waals surface area contributed by atoms with Crippen molar-refractivity contribution < 1.29 is 4.79 Å². The summed E-state index contributed by atoms with van der Waals surface area (Å²) in [6.07, 6.45) is 1.09. The Morgan fingerprint density at radius 3 is 2.76 bits per heavy atom. The highest BCUT2D eigenvalue weighted by Crippen LogP contribution is 2.33. The third kappa shape index (κ3) is 3.03. The maximum Gasteiger partial charge on any atom is 0.248 e. The van der Waals surface area contributed by atoms with Gasteiger partial charge in [0, 0.05) is 28.2 Å². The molecule has 126 valence electrons. The Morgan fingerprint density at radius 2 is 2.00 bits per heavy atom. The number of rotatable bonds is 4. The maximum atomic E-state index is 11.2. The van der Waals surface area contributed by atoms with E-state index in [-0.39, 0.29) is 0 Å². The molecular formula is C20H19N3OS. The molecule has 0 fully saturated rings. The number of thiazole rings is 1. The molecule has 5 heteroatoms. The van der Waals surface area contributed by atoms with Crippen LogP contribution >= 0.6 is 11.3 Å². The number of amides is 1. The number of carbonyl (C=O) groups is 1. The van der Waals surface area contributed by atoms with Gasteiger partial charge in [-0.2, -0.15) is 0 Å². The Kier molecular flexibility index (Phi) is 4.01. The van der Waals surface area contributed by atoms with Crippen LogP contribution in [0.25, 0.3) is 10.6 Å². The minimum atomic E-state index is -0.409. The Labute approximate surface area is 150 Å². The van der Waals surface area contributed by atoms with Crippen molar-refractivity contribution >= 4 is 22.9 Å². The average Bonchev–Trinajstić information content (AvgIpc) is 3.20. The third-order valence-electron chi connectivity index (χ3n) is 4.65. The fourth-order valence-electron chi connectivity index (χ4n) is 3.33. The zero-order valence-electron chi connectivity index (χ0n) is 14.0. The minimum Gasteiger partial charge on any atom is -0.366 e. The molecule has 1 aromatic heterocycles. The van der Waals surface area contributed by atoms with Crippen molar-refractivity contribution in [2.45, 2.75) is 25.9 Å². The molecular weight excluding hydrogens is 330 g/mol. The number of para-hydroxylation sites is 1. The number of benzene rings is 2. The Hall–Kier alpha value is -2.66. The topological polar surface area (TPSA) is 59.2 Å². The molecule has 0 unspecified atom stereocenters. The number of hydrogen-bond donors (Lipinski definition) is 1. The lowest BCUT2D eigenvalue weighted by Gasteiger charge is -2.23.